The second kappa shape index (κ2) is 6.93. The Kier molecular flexibility index (Phi) is 4.10. The SMILES string of the molecule is Cn1ccc2ccc(-c3cc(Nc4cncnc4C(N)=O)cc4nccnc34)cc21. The molecule has 0 fully saturated rings. The minimum absolute atomic E-state index is 0.121. The highest BCUT2D eigenvalue weighted by molar-refractivity contribution is 5.99. The molecule has 146 valence electrons. The van der Waals surface area contributed by atoms with E-state index < -0.39 is 5.91 Å². The zero-order valence-corrected chi connectivity index (χ0v) is 16.1. The molecular weight excluding hydrogens is 378 g/mol. The van der Waals surface area contributed by atoms with E-state index in [2.05, 4.69) is 54.1 Å². The van der Waals surface area contributed by atoms with Gasteiger partial charge in [0.1, 0.15) is 6.33 Å². The number of carbonyl (C=O) groups is 1. The van der Waals surface area contributed by atoms with E-state index in [4.69, 9.17) is 5.73 Å². The molecule has 0 unspecified atom stereocenters. The van der Waals surface area contributed by atoms with E-state index in [-0.39, 0.29) is 5.69 Å². The monoisotopic (exact) mass is 395 g/mol. The number of benzene rings is 2. The van der Waals surface area contributed by atoms with Gasteiger partial charge in [-0.25, -0.2) is 9.97 Å². The van der Waals surface area contributed by atoms with E-state index in [0.29, 0.717) is 5.69 Å². The maximum atomic E-state index is 11.7. The molecule has 0 radical (unpaired) electrons. The fraction of sp³-hybridized carbons (Fsp3) is 0.0455. The summed E-state index contributed by atoms with van der Waals surface area (Å²) in [6, 6.07) is 12.2. The lowest BCUT2D eigenvalue weighted by molar-refractivity contribution is 0.0996. The van der Waals surface area contributed by atoms with Crippen molar-refractivity contribution in [2.45, 2.75) is 0 Å². The zero-order valence-electron chi connectivity index (χ0n) is 16.1. The van der Waals surface area contributed by atoms with E-state index in [1.165, 1.54) is 17.9 Å². The van der Waals surface area contributed by atoms with Crippen LogP contribution in [0.4, 0.5) is 11.4 Å². The van der Waals surface area contributed by atoms with Gasteiger partial charge in [-0.05, 0) is 35.2 Å². The smallest absolute Gasteiger partial charge is 0.269 e. The van der Waals surface area contributed by atoms with Crippen molar-refractivity contribution in [1.82, 2.24) is 24.5 Å². The lowest BCUT2D eigenvalue weighted by Crippen LogP contribution is -2.15. The van der Waals surface area contributed by atoms with Crippen molar-refractivity contribution in [3.63, 3.8) is 0 Å². The molecule has 3 heterocycles. The van der Waals surface area contributed by atoms with Crippen molar-refractivity contribution < 1.29 is 4.79 Å². The lowest BCUT2D eigenvalue weighted by Gasteiger charge is -2.13. The fourth-order valence-electron chi connectivity index (χ4n) is 3.57. The molecule has 0 aliphatic heterocycles. The molecule has 0 bridgehead atoms. The van der Waals surface area contributed by atoms with Crippen LogP contribution in [0.1, 0.15) is 10.5 Å². The van der Waals surface area contributed by atoms with Crippen LogP contribution in [0.2, 0.25) is 0 Å². The Balaban J connectivity index is 1.68. The Hall–Kier alpha value is -4.33. The van der Waals surface area contributed by atoms with Gasteiger partial charge >= 0.3 is 0 Å². The van der Waals surface area contributed by atoms with Gasteiger partial charge in [0.05, 0.1) is 22.9 Å². The average Bonchev–Trinajstić information content (AvgIpc) is 3.13. The number of rotatable bonds is 4. The molecule has 0 aliphatic rings. The molecule has 30 heavy (non-hydrogen) atoms. The predicted octanol–water partition coefficient (Wildman–Crippen LogP) is 3.42. The summed E-state index contributed by atoms with van der Waals surface area (Å²) in [5, 5.41) is 4.37. The Labute approximate surface area is 171 Å². The van der Waals surface area contributed by atoms with Crippen molar-refractivity contribution in [2.75, 3.05) is 5.32 Å². The van der Waals surface area contributed by atoms with E-state index in [1.807, 2.05) is 25.4 Å². The molecule has 0 saturated heterocycles. The number of carbonyl (C=O) groups excluding carboxylic acids is 1. The van der Waals surface area contributed by atoms with Gasteiger partial charge in [-0.1, -0.05) is 12.1 Å². The van der Waals surface area contributed by atoms with Gasteiger partial charge in [0.25, 0.3) is 5.91 Å². The van der Waals surface area contributed by atoms with Crippen LogP contribution in [0.15, 0.2) is 67.5 Å². The molecule has 3 N–H and O–H groups in total. The van der Waals surface area contributed by atoms with Crippen LogP contribution in [0.3, 0.4) is 0 Å². The largest absolute Gasteiger partial charge is 0.364 e. The Bertz CT molecular complexity index is 1420. The van der Waals surface area contributed by atoms with Gasteiger partial charge in [0, 0.05) is 42.4 Å². The van der Waals surface area contributed by atoms with E-state index >= 15 is 0 Å². The summed E-state index contributed by atoms with van der Waals surface area (Å²) < 4.78 is 2.08. The number of fused-ring (bicyclic) bond motifs is 2. The van der Waals surface area contributed by atoms with Crippen molar-refractivity contribution in [1.29, 1.82) is 0 Å². The van der Waals surface area contributed by atoms with Crippen LogP contribution in [-0.4, -0.2) is 30.4 Å². The van der Waals surface area contributed by atoms with Crippen molar-refractivity contribution in [3.05, 3.63) is 73.2 Å². The predicted molar refractivity (Wildman–Crippen MR) is 115 cm³/mol. The highest BCUT2D eigenvalue weighted by atomic mass is 16.1. The molecule has 5 aromatic rings. The first-order valence-electron chi connectivity index (χ1n) is 9.27. The summed E-state index contributed by atoms with van der Waals surface area (Å²) in [5.74, 6) is -0.630. The molecule has 5 rings (SSSR count). The number of nitrogens with one attached hydrogen (secondary N) is 1. The van der Waals surface area contributed by atoms with Crippen LogP contribution >= 0.6 is 0 Å². The number of aromatic nitrogens is 5. The molecule has 8 heteroatoms. The maximum Gasteiger partial charge on any atom is 0.269 e. The summed E-state index contributed by atoms with van der Waals surface area (Å²) in [6.45, 7) is 0. The standard InChI is InChI=1S/C22H17N7O/c1-29-7-4-13-2-3-14(8-19(13)29)16-9-15(10-17-20(16)26-6-5-25-17)28-18-11-24-12-27-21(18)22(23)30/h2-12,28H,1H3,(H2,23,30). The Morgan fingerprint density at radius 1 is 1.07 bits per heavy atom. The van der Waals surface area contributed by atoms with Crippen LogP contribution in [0.25, 0.3) is 33.1 Å². The van der Waals surface area contributed by atoms with E-state index in [9.17, 15) is 4.79 Å². The molecule has 3 aromatic heterocycles. The van der Waals surface area contributed by atoms with Crippen LogP contribution in [0, 0.1) is 0 Å². The normalized spacial score (nSPS) is 11.1. The molecule has 0 aliphatic carbocycles. The van der Waals surface area contributed by atoms with Gasteiger partial charge in [0.2, 0.25) is 0 Å². The van der Waals surface area contributed by atoms with Gasteiger partial charge in [-0.3, -0.25) is 14.8 Å². The summed E-state index contributed by atoms with van der Waals surface area (Å²) >= 11 is 0. The van der Waals surface area contributed by atoms with Crippen LogP contribution in [0.5, 0.6) is 0 Å². The number of aryl methyl sites for hydroxylation is 1. The number of hydrogen-bond acceptors (Lipinski definition) is 6. The number of primary amides is 1. The first kappa shape index (κ1) is 17.7. The van der Waals surface area contributed by atoms with Crippen molar-refractivity contribution >= 4 is 39.2 Å². The summed E-state index contributed by atoms with van der Waals surface area (Å²) in [4.78, 5) is 28.7. The van der Waals surface area contributed by atoms with Crippen LogP contribution < -0.4 is 11.1 Å². The summed E-state index contributed by atoms with van der Waals surface area (Å²) in [5.41, 5.74) is 11.3. The number of hydrogen-bond donors (Lipinski definition) is 2. The molecule has 8 nitrogen and oxygen atoms in total. The van der Waals surface area contributed by atoms with Crippen molar-refractivity contribution in [2.24, 2.45) is 12.8 Å². The zero-order chi connectivity index (χ0) is 20.7. The number of nitrogens with zero attached hydrogens (tertiary/aromatic N) is 5. The van der Waals surface area contributed by atoms with Gasteiger partial charge < -0.3 is 15.6 Å². The van der Waals surface area contributed by atoms with E-state index in [1.54, 1.807) is 12.4 Å². The molecule has 1 amide bonds. The topological polar surface area (TPSA) is 112 Å². The Morgan fingerprint density at radius 3 is 2.80 bits per heavy atom. The fourth-order valence-corrected chi connectivity index (χ4v) is 3.57. The molecule has 0 saturated carbocycles. The Morgan fingerprint density at radius 2 is 1.93 bits per heavy atom. The summed E-state index contributed by atoms with van der Waals surface area (Å²) in [7, 11) is 2.02. The third-order valence-corrected chi connectivity index (χ3v) is 5.00. The molecule has 0 atom stereocenters. The van der Waals surface area contributed by atoms with Gasteiger partial charge in [0.15, 0.2) is 5.69 Å². The summed E-state index contributed by atoms with van der Waals surface area (Å²) in [6.07, 6.45) is 8.17. The number of nitrogens with two attached hydrogens (primary N) is 1. The highest BCUT2D eigenvalue weighted by Gasteiger charge is 2.14. The minimum Gasteiger partial charge on any atom is -0.364 e. The first-order chi connectivity index (χ1) is 14.6. The number of anilines is 2. The van der Waals surface area contributed by atoms with Gasteiger partial charge in [-0.15, -0.1) is 0 Å². The van der Waals surface area contributed by atoms with Crippen molar-refractivity contribution in [3.8, 4) is 11.1 Å². The molecular formula is C22H17N7O. The van der Waals surface area contributed by atoms with E-state index in [0.717, 1.165) is 33.4 Å². The highest BCUT2D eigenvalue weighted by Crippen LogP contribution is 2.33. The minimum atomic E-state index is -0.630. The molecule has 2 aromatic carbocycles. The number of amides is 1. The second-order valence-corrected chi connectivity index (χ2v) is 6.92. The average molecular weight is 395 g/mol. The van der Waals surface area contributed by atoms with Gasteiger partial charge in [-0.2, -0.15) is 0 Å². The third kappa shape index (κ3) is 3.00. The maximum absolute atomic E-state index is 11.7. The quantitative estimate of drug-likeness (QED) is 0.482. The third-order valence-electron chi connectivity index (χ3n) is 5.00. The molecule has 0 spiro atoms. The lowest BCUT2D eigenvalue weighted by atomic mass is 10.0. The first-order valence-corrected chi connectivity index (χ1v) is 9.27. The second-order valence-electron chi connectivity index (χ2n) is 6.92. The van der Waals surface area contributed by atoms with Crippen LogP contribution in [-0.2, 0) is 7.05 Å².